The van der Waals surface area contributed by atoms with E-state index in [1.54, 1.807) is 0 Å². The van der Waals surface area contributed by atoms with Crippen molar-refractivity contribution in [1.82, 2.24) is 0 Å². The van der Waals surface area contributed by atoms with Crippen molar-refractivity contribution in [3.63, 3.8) is 0 Å². The molecule has 0 aliphatic carbocycles. The monoisotopic (exact) mass is 460 g/mol. The molecule has 0 saturated carbocycles. The lowest BCUT2D eigenvalue weighted by Crippen LogP contribution is -2.13. The molecule has 0 saturated heterocycles. The number of carbonyl (C=O) groups is 1. The number of rotatable bonds is 14. The molecule has 172 valence electrons. The minimum Gasteiger partial charge on any atom is -0.480 e. The summed E-state index contributed by atoms with van der Waals surface area (Å²) in [6.45, 7) is 13.8. The molecule has 0 aromatic rings. The summed E-state index contributed by atoms with van der Waals surface area (Å²) >= 11 is 0. The van der Waals surface area contributed by atoms with Crippen molar-refractivity contribution >= 4 is 31.9 Å². The van der Waals surface area contributed by atoms with Crippen LogP contribution in [0.2, 0.25) is 0 Å². The van der Waals surface area contributed by atoms with Crippen molar-refractivity contribution in [2.24, 2.45) is 0 Å². The first kappa shape index (κ1) is 32.9. The fourth-order valence-electron chi connectivity index (χ4n) is 2.72. The highest BCUT2D eigenvalue weighted by molar-refractivity contribution is 7.86. The maximum absolute atomic E-state index is 9.62. The van der Waals surface area contributed by atoms with Crippen molar-refractivity contribution < 1.29 is 22.9 Å². The molecule has 0 heterocycles. The number of carboxylic acid groups (broad SMARTS) is 1. The van der Waals surface area contributed by atoms with Gasteiger partial charge in [-0.3, -0.25) is 9.35 Å². The highest BCUT2D eigenvalue weighted by Gasteiger charge is 2.09. The zero-order valence-corrected chi connectivity index (χ0v) is 21.7. The number of carboxylic acids is 1. The standard InChI is InChI=1S/2C9H21P.C2H4O5S/c2*1-4-7-10(8-5-2)9-6-3;3-2(4)1-8(5,6)7/h2*4-9H2,1-3H3;1H2,(H,3,4)(H,5,6,7). The molecule has 0 aliphatic rings. The van der Waals surface area contributed by atoms with Crippen molar-refractivity contribution in [3.8, 4) is 0 Å². The molecule has 0 rings (SSSR count). The third-order valence-corrected chi connectivity index (χ3v) is 10.6. The number of hydrogen-bond acceptors (Lipinski definition) is 3. The molecule has 0 unspecified atom stereocenters. The Labute approximate surface area is 177 Å². The first-order valence-electron chi connectivity index (χ1n) is 10.7. The Morgan fingerprint density at radius 1 is 0.643 bits per heavy atom. The van der Waals surface area contributed by atoms with E-state index in [1.165, 1.54) is 75.5 Å². The lowest BCUT2D eigenvalue weighted by Gasteiger charge is -2.13. The van der Waals surface area contributed by atoms with Gasteiger partial charge in [0.15, 0.2) is 5.75 Å². The van der Waals surface area contributed by atoms with Gasteiger partial charge in [0.05, 0.1) is 0 Å². The van der Waals surface area contributed by atoms with Gasteiger partial charge in [-0.1, -0.05) is 80.1 Å². The summed E-state index contributed by atoms with van der Waals surface area (Å²) in [4.78, 5) is 9.48. The van der Waals surface area contributed by atoms with Crippen LogP contribution in [0.25, 0.3) is 0 Å². The SMILES string of the molecule is CCCP(CCC)CCC.CCCP(CCC)CCC.O=C(O)CS(=O)(=O)O. The van der Waals surface area contributed by atoms with Gasteiger partial charge >= 0.3 is 5.97 Å². The normalized spacial score (nSPS) is 10.9. The van der Waals surface area contributed by atoms with Crippen LogP contribution in [0.5, 0.6) is 0 Å². The first-order valence-corrected chi connectivity index (χ1v) is 16.1. The average molecular weight is 461 g/mol. The first-order chi connectivity index (χ1) is 13.1. The van der Waals surface area contributed by atoms with E-state index >= 15 is 0 Å². The molecule has 28 heavy (non-hydrogen) atoms. The number of aliphatic carboxylic acids is 1. The molecule has 0 amide bonds. The minimum absolute atomic E-state index is 0.439. The molecular weight excluding hydrogens is 414 g/mol. The van der Waals surface area contributed by atoms with Crippen molar-refractivity contribution in [3.05, 3.63) is 0 Å². The van der Waals surface area contributed by atoms with Crippen molar-refractivity contribution in [2.45, 2.75) is 80.1 Å². The van der Waals surface area contributed by atoms with E-state index in [9.17, 15) is 13.2 Å². The summed E-state index contributed by atoms with van der Waals surface area (Å²) in [6, 6.07) is 0. The fraction of sp³-hybridized carbons (Fsp3) is 0.950. The molecule has 0 aromatic heterocycles. The molecule has 0 radical (unpaired) electrons. The van der Waals surface area contributed by atoms with Crippen LogP contribution in [0.15, 0.2) is 0 Å². The average Bonchev–Trinajstić information content (AvgIpc) is 2.55. The molecule has 0 aliphatic heterocycles. The highest BCUT2D eigenvalue weighted by atomic mass is 32.2. The lowest BCUT2D eigenvalue weighted by atomic mass is 10.6. The van der Waals surface area contributed by atoms with Gasteiger partial charge in [-0.2, -0.15) is 8.42 Å². The molecule has 8 heteroatoms. The van der Waals surface area contributed by atoms with Crippen LogP contribution in [-0.4, -0.2) is 66.8 Å². The van der Waals surface area contributed by atoms with Crippen LogP contribution in [-0.2, 0) is 14.9 Å². The topological polar surface area (TPSA) is 91.7 Å². The Hall–Kier alpha value is 0.240. The Morgan fingerprint density at radius 2 is 0.857 bits per heavy atom. The van der Waals surface area contributed by atoms with Crippen LogP contribution < -0.4 is 0 Å². The molecule has 2 N–H and O–H groups in total. The summed E-state index contributed by atoms with van der Waals surface area (Å²) in [5, 5.41) is 7.71. The molecule has 0 atom stereocenters. The van der Waals surface area contributed by atoms with Crippen molar-refractivity contribution in [2.75, 3.05) is 42.7 Å². The van der Waals surface area contributed by atoms with Crippen LogP contribution in [0.1, 0.15) is 80.1 Å². The van der Waals surface area contributed by atoms with Gasteiger partial charge in [0.2, 0.25) is 0 Å². The molecule has 0 fully saturated rings. The smallest absolute Gasteiger partial charge is 0.321 e. The quantitative estimate of drug-likeness (QED) is 0.233. The van der Waals surface area contributed by atoms with E-state index in [0.29, 0.717) is 15.8 Å². The van der Waals surface area contributed by atoms with Gasteiger partial charge < -0.3 is 5.11 Å². The van der Waals surface area contributed by atoms with Gasteiger partial charge in [-0.05, 0) is 37.0 Å². The van der Waals surface area contributed by atoms with Crippen LogP contribution in [0, 0.1) is 0 Å². The second-order valence-corrected chi connectivity index (χ2v) is 13.6. The van der Waals surface area contributed by atoms with Gasteiger partial charge in [0.1, 0.15) is 0 Å². The van der Waals surface area contributed by atoms with E-state index in [-0.39, 0.29) is 0 Å². The molecule has 0 spiro atoms. The third-order valence-electron chi connectivity index (χ3n) is 3.54. The maximum Gasteiger partial charge on any atom is 0.321 e. The van der Waals surface area contributed by atoms with E-state index in [0.717, 1.165) is 0 Å². The molecule has 5 nitrogen and oxygen atoms in total. The Bertz CT molecular complexity index is 384. The summed E-state index contributed by atoms with van der Waals surface area (Å²) in [7, 11) is -3.44. The lowest BCUT2D eigenvalue weighted by molar-refractivity contribution is -0.134. The predicted octanol–water partition coefficient (Wildman–Crippen LogP) is 6.36. The molecule has 0 bridgehead atoms. The van der Waals surface area contributed by atoms with Gasteiger partial charge in [0.25, 0.3) is 10.1 Å². The van der Waals surface area contributed by atoms with E-state index in [1.807, 2.05) is 0 Å². The molecular formula is C20H46O5P2S. The zero-order chi connectivity index (χ0) is 22.4. The van der Waals surface area contributed by atoms with Crippen LogP contribution in [0.3, 0.4) is 0 Å². The van der Waals surface area contributed by atoms with Gasteiger partial charge in [-0.15, -0.1) is 15.8 Å². The van der Waals surface area contributed by atoms with Gasteiger partial charge in [0, 0.05) is 0 Å². The van der Waals surface area contributed by atoms with Gasteiger partial charge in [-0.25, -0.2) is 0 Å². The third kappa shape index (κ3) is 31.0. The van der Waals surface area contributed by atoms with Crippen LogP contribution in [0.4, 0.5) is 0 Å². The summed E-state index contributed by atoms with van der Waals surface area (Å²) in [6.07, 6.45) is 17.4. The van der Waals surface area contributed by atoms with E-state index in [2.05, 4.69) is 41.5 Å². The summed E-state index contributed by atoms with van der Waals surface area (Å²) in [5.74, 6) is -2.79. The highest BCUT2D eigenvalue weighted by Crippen LogP contribution is 2.37. The summed E-state index contributed by atoms with van der Waals surface area (Å²) in [5.41, 5.74) is 0. The van der Waals surface area contributed by atoms with Crippen molar-refractivity contribution in [1.29, 1.82) is 0 Å². The fourth-order valence-corrected chi connectivity index (χ4v) is 8.17. The Kier molecular flexibility index (Phi) is 27.6. The second kappa shape index (κ2) is 23.5. The second-order valence-electron chi connectivity index (χ2n) is 6.80. The summed E-state index contributed by atoms with van der Waals surface area (Å²) < 4.78 is 27.0. The number of hydrogen-bond donors (Lipinski definition) is 2. The predicted molar refractivity (Wildman–Crippen MR) is 129 cm³/mol. The maximum atomic E-state index is 9.62. The Morgan fingerprint density at radius 3 is 0.929 bits per heavy atom. The van der Waals surface area contributed by atoms with Crippen LogP contribution >= 0.6 is 15.8 Å². The van der Waals surface area contributed by atoms with E-state index in [4.69, 9.17) is 9.66 Å². The molecule has 0 aromatic carbocycles. The zero-order valence-electron chi connectivity index (χ0n) is 19.1. The Balaban J connectivity index is -0.000000337. The minimum atomic E-state index is -4.32. The largest absolute Gasteiger partial charge is 0.480 e. The van der Waals surface area contributed by atoms with E-state index < -0.39 is 21.8 Å².